The van der Waals surface area contributed by atoms with Gasteiger partial charge in [-0.2, -0.15) is 0 Å². The van der Waals surface area contributed by atoms with E-state index in [1.165, 1.54) is 0 Å². The second-order valence-corrected chi connectivity index (χ2v) is 7.53. The number of carboxylic acids is 2. The van der Waals surface area contributed by atoms with Gasteiger partial charge in [0.15, 0.2) is 4.33 Å². The first-order valence-electron chi connectivity index (χ1n) is 4.73. The van der Waals surface area contributed by atoms with Crippen molar-refractivity contribution in [3.8, 4) is 0 Å². The Balaban J connectivity index is 2.84. The average molecular weight is 389 g/mol. The number of allylic oxidation sites excluding steroid dienone is 2. The van der Waals surface area contributed by atoms with Gasteiger partial charge >= 0.3 is 11.9 Å². The fraction of sp³-hybridized carbons (Fsp3) is 0.556. The molecule has 0 heterocycles. The highest BCUT2D eigenvalue weighted by atomic mass is 35.5. The van der Waals surface area contributed by atoms with E-state index < -0.39 is 37.9 Å². The van der Waals surface area contributed by atoms with Crippen LogP contribution in [0, 0.1) is 11.8 Å². The van der Waals surface area contributed by atoms with Gasteiger partial charge in [0, 0.05) is 0 Å². The minimum Gasteiger partial charge on any atom is -0.481 e. The molecule has 0 aliphatic heterocycles. The molecule has 2 N–H and O–H groups in total. The number of carbonyl (C=O) groups is 2. The highest BCUT2D eigenvalue weighted by Gasteiger charge is 2.85. The number of alkyl halides is 4. The number of hydrogen-bond donors (Lipinski definition) is 2. The number of hydrogen-bond acceptors (Lipinski definition) is 2. The zero-order chi connectivity index (χ0) is 15.0. The van der Waals surface area contributed by atoms with Crippen molar-refractivity contribution >= 4 is 81.5 Å². The first-order chi connectivity index (χ1) is 8.45. The Labute approximate surface area is 137 Å². The van der Waals surface area contributed by atoms with E-state index in [-0.39, 0.29) is 10.1 Å². The molecule has 19 heavy (non-hydrogen) atoms. The van der Waals surface area contributed by atoms with Crippen LogP contribution in [-0.2, 0) is 9.59 Å². The van der Waals surface area contributed by atoms with Crippen molar-refractivity contribution in [1.29, 1.82) is 0 Å². The van der Waals surface area contributed by atoms with Gasteiger partial charge in [0.05, 0.1) is 21.9 Å². The summed E-state index contributed by atoms with van der Waals surface area (Å²) in [6, 6.07) is 0. The summed E-state index contributed by atoms with van der Waals surface area (Å²) in [6.07, 6.45) is 0. The third kappa shape index (κ3) is 1.46. The molecular weight excluding hydrogens is 385 g/mol. The van der Waals surface area contributed by atoms with Crippen molar-refractivity contribution in [1.82, 2.24) is 0 Å². The van der Waals surface area contributed by atoms with Gasteiger partial charge in [-0.15, -0.1) is 23.2 Å². The largest absolute Gasteiger partial charge is 0.481 e. The molecule has 0 aromatic carbocycles. The topological polar surface area (TPSA) is 74.6 Å². The van der Waals surface area contributed by atoms with Gasteiger partial charge in [0.2, 0.25) is 0 Å². The van der Waals surface area contributed by atoms with Crippen molar-refractivity contribution in [3.63, 3.8) is 0 Å². The second kappa shape index (κ2) is 4.21. The van der Waals surface area contributed by atoms with Crippen molar-refractivity contribution in [2.24, 2.45) is 11.8 Å². The number of aliphatic carboxylic acids is 2. The van der Waals surface area contributed by atoms with E-state index in [1.54, 1.807) is 0 Å². The zero-order valence-corrected chi connectivity index (χ0v) is 13.2. The lowest BCUT2D eigenvalue weighted by Crippen LogP contribution is -2.45. The molecule has 0 spiro atoms. The lowest BCUT2D eigenvalue weighted by molar-refractivity contribution is -0.153. The fourth-order valence-corrected chi connectivity index (χ4v) is 5.54. The third-order valence-electron chi connectivity index (χ3n) is 3.47. The van der Waals surface area contributed by atoms with Crippen LogP contribution in [0.15, 0.2) is 10.1 Å². The molecule has 106 valence electrons. The highest BCUT2D eigenvalue weighted by molar-refractivity contribution is 6.66. The second-order valence-electron chi connectivity index (χ2n) is 4.26. The van der Waals surface area contributed by atoms with E-state index in [2.05, 4.69) is 0 Å². The molecule has 10 heteroatoms. The number of fused-ring (bicyclic) bond motifs is 2. The van der Waals surface area contributed by atoms with Gasteiger partial charge in [0.1, 0.15) is 9.75 Å². The molecule has 2 rings (SSSR count). The summed E-state index contributed by atoms with van der Waals surface area (Å²) < 4.78 is -2.18. The predicted molar refractivity (Wildman–Crippen MR) is 72.6 cm³/mol. The average Bonchev–Trinajstić information content (AvgIpc) is 2.48. The minimum absolute atomic E-state index is 0.347. The van der Waals surface area contributed by atoms with Crippen LogP contribution in [-0.4, -0.2) is 36.2 Å². The number of rotatable bonds is 2. The summed E-state index contributed by atoms with van der Waals surface area (Å²) >= 11 is 36.2. The highest BCUT2D eigenvalue weighted by Crippen LogP contribution is 2.76. The lowest BCUT2D eigenvalue weighted by Gasteiger charge is -2.31. The van der Waals surface area contributed by atoms with E-state index in [4.69, 9.17) is 69.6 Å². The molecule has 4 atom stereocenters. The van der Waals surface area contributed by atoms with Crippen LogP contribution >= 0.6 is 69.6 Å². The molecule has 1 saturated carbocycles. The van der Waals surface area contributed by atoms with E-state index >= 15 is 0 Å². The Kier molecular flexibility index (Phi) is 3.50. The standard InChI is InChI=1S/C9H4Cl6O4/c10-3-4(11)8(13)2(6(18)19)1(5(16)17)7(3,12)9(8,14)15/h1-2H,(H,16,17)(H,18,19)/t1-,2-,7+,8+/m0/s1. The summed E-state index contributed by atoms with van der Waals surface area (Å²) in [5.41, 5.74) is 0. The normalized spacial score (nSPS) is 43.7. The van der Waals surface area contributed by atoms with Crippen LogP contribution in [0.4, 0.5) is 0 Å². The summed E-state index contributed by atoms with van der Waals surface area (Å²) in [5, 5.41) is 17.8. The molecule has 2 aliphatic rings. The molecular formula is C9H4Cl6O4. The minimum atomic E-state index is -2.18. The van der Waals surface area contributed by atoms with Crippen molar-refractivity contribution < 1.29 is 19.8 Å². The maximum atomic E-state index is 11.3. The maximum Gasteiger partial charge on any atom is 0.309 e. The van der Waals surface area contributed by atoms with Gasteiger partial charge in [-0.05, 0) is 0 Å². The van der Waals surface area contributed by atoms with Crippen LogP contribution in [0.5, 0.6) is 0 Å². The Morgan fingerprint density at radius 1 is 0.842 bits per heavy atom. The molecule has 4 nitrogen and oxygen atoms in total. The predicted octanol–water partition coefficient (Wildman–Crippen LogP) is 3.23. The Morgan fingerprint density at radius 2 is 1.11 bits per heavy atom. The van der Waals surface area contributed by atoms with E-state index in [0.717, 1.165) is 0 Å². The fourth-order valence-electron chi connectivity index (χ4n) is 2.61. The van der Waals surface area contributed by atoms with Gasteiger partial charge in [-0.1, -0.05) is 46.4 Å². The SMILES string of the molecule is O=C(O)[C@@H]1[C@@H](C(=O)O)[C@@]2(Cl)C(Cl)=C(Cl)[C@@]1(Cl)C2(Cl)Cl. The van der Waals surface area contributed by atoms with Crippen LogP contribution in [0.25, 0.3) is 0 Å². The molecule has 1 fully saturated rings. The van der Waals surface area contributed by atoms with Crippen molar-refractivity contribution in [2.75, 3.05) is 0 Å². The smallest absolute Gasteiger partial charge is 0.309 e. The Morgan fingerprint density at radius 3 is 1.32 bits per heavy atom. The molecule has 0 aromatic heterocycles. The van der Waals surface area contributed by atoms with E-state index in [9.17, 15) is 19.8 Å². The molecule has 0 radical (unpaired) electrons. The monoisotopic (exact) mass is 386 g/mol. The summed E-state index contributed by atoms with van der Waals surface area (Å²) in [7, 11) is 0. The molecule has 2 aliphatic carbocycles. The van der Waals surface area contributed by atoms with Crippen LogP contribution in [0.2, 0.25) is 0 Å². The molecule has 0 amide bonds. The number of halogens is 6. The first kappa shape index (κ1) is 15.8. The third-order valence-corrected chi connectivity index (χ3v) is 7.73. The van der Waals surface area contributed by atoms with Gasteiger partial charge in [-0.3, -0.25) is 9.59 Å². The van der Waals surface area contributed by atoms with Crippen molar-refractivity contribution in [2.45, 2.75) is 14.1 Å². The zero-order valence-electron chi connectivity index (χ0n) is 8.63. The Hall–Kier alpha value is 0.420. The molecule has 0 aromatic rings. The first-order valence-corrected chi connectivity index (χ1v) is 7.00. The molecule has 0 unspecified atom stereocenters. The van der Waals surface area contributed by atoms with Crippen molar-refractivity contribution in [3.05, 3.63) is 10.1 Å². The molecule has 2 bridgehead atoms. The maximum absolute atomic E-state index is 11.3. The quantitative estimate of drug-likeness (QED) is 0.712. The summed E-state index contributed by atoms with van der Waals surface area (Å²) in [4.78, 5) is 18.5. The van der Waals surface area contributed by atoms with E-state index in [0.29, 0.717) is 0 Å². The lowest BCUT2D eigenvalue weighted by atomic mass is 9.82. The summed E-state index contributed by atoms with van der Waals surface area (Å²) in [5.74, 6) is -6.49. The van der Waals surface area contributed by atoms with Crippen LogP contribution in [0.1, 0.15) is 0 Å². The van der Waals surface area contributed by atoms with Gasteiger partial charge in [0.25, 0.3) is 0 Å². The van der Waals surface area contributed by atoms with Crippen LogP contribution < -0.4 is 0 Å². The van der Waals surface area contributed by atoms with E-state index in [1.807, 2.05) is 0 Å². The summed E-state index contributed by atoms with van der Waals surface area (Å²) in [6.45, 7) is 0. The van der Waals surface area contributed by atoms with Gasteiger partial charge in [-0.25, -0.2) is 0 Å². The molecule has 0 saturated heterocycles. The van der Waals surface area contributed by atoms with Gasteiger partial charge < -0.3 is 10.2 Å². The Bertz CT molecular complexity index is 487. The van der Waals surface area contributed by atoms with Crippen LogP contribution in [0.3, 0.4) is 0 Å². The number of carboxylic acid groups (broad SMARTS) is 2.